The summed E-state index contributed by atoms with van der Waals surface area (Å²) in [5.41, 5.74) is 7.40. The Bertz CT molecular complexity index is 2420. The number of alkyl halides is 3. The van der Waals surface area contributed by atoms with Crippen molar-refractivity contribution in [2.24, 2.45) is 21.9 Å². The van der Waals surface area contributed by atoms with Gasteiger partial charge in [0.05, 0.1) is 11.3 Å². The fourth-order valence-electron chi connectivity index (χ4n) is 5.95. The molecule has 0 unspecified atom stereocenters. The van der Waals surface area contributed by atoms with Crippen molar-refractivity contribution in [3.63, 3.8) is 0 Å². The molecule has 0 radical (unpaired) electrons. The van der Waals surface area contributed by atoms with Crippen LogP contribution in [0.4, 0.5) is 13.2 Å². The van der Waals surface area contributed by atoms with E-state index in [4.69, 9.17) is 11.7 Å². The van der Waals surface area contributed by atoms with E-state index in [1.165, 1.54) is 12.1 Å². The van der Waals surface area contributed by atoms with E-state index in [2.05, 4.69) is 66.6 Å². The third-order valence-electron chi connectivity index (χ3n) is 8.42. The van der Waals surface area contributed by atoms with Crippen LogP contribution in [0, 0.1) is 19.9 Å². The van der Waals surface area contributed by atoms with Gasteiger partial charge in [0.15, 0.2) is 0 Å². The van der Waals surface area contributed by atoms with E-state index in [1.54, 1.807) is 24.3 Å². The van der Waals surface area contributed by atoms with Gasteiger partial charge in [-0.05, 0) is 67.4 Å². The number of rotatable bonds is 10. The van der Waals surface area contributed by atoms with E-state index in [0.29, 0.717) is 33.6 Å². The molecule has 0 atom stereocenters. The number of aromatic nitrogens is 2. The van der Waals surface area contributed by atoms with E-state index >= 15 is 0 Å². The van der Waals surface area contributed by atoms with Crippen LogP contribution in [0.15, 0.2) is 191 Å². The molecule has 6 nitrogen and oxygen atoms in total. The topological polar surface area (TPSA) is 103 Å². The Morgan fingerprint density at radius 3 is 1.56 bits per heavy atom. The SMILES string of the molecule is C=C/C=C(C)/C=C(C)/C(=N\N)C(=C)[CH2-].C=C/C=C(C)/C=C(C)/C(=N\N)C(=C)[CH2-].FC(F)(F)c1ccccc1-c1nnc(-c2[c-]cccc2)c2cc3ccccc3cc12.[Ir+3]. The number of hydrogen-bond acceptors (Lipinski definition) is 6. The first-order valence-electron chi connectivity index (χ1n) is 17.9. The maximum atomic E-state index is 13.7. The average molecular weight is 970 g/mol. The van der Waals surface area contributed by atoms with Gasteiger partial charge in [0.25, 0.3) is 0 Å². The van der Waals surface area contributed by atoms with Crippen LogP contribution >= 0.6 is 0 Å². The second-order valence-corrected chi connectivity index (χ2v) is 13.1. The standard InChI is InChI=1S/C25H14F3N2.2C12H17N2.Ir/c26-25(27,28)22-13-7-6-12-19(22)24-21-15-18-11-5-4-10-17(18)14-20(21)23(29-30-24)16-8-2-1-3-9-16;2*1-6-7-10(4)8-11(5)12(14-13)9(2)3;/h1-8,10-15H;2*6-8H,1-3,13H2,4-5H3;/q3*-1;+3/b;2*10-7+,11-8+,14-12-;. The van der Waals surface area contributed by atoms with Gasteiger partial charge in [-0.1, -0.05) is 120 Å². The molecule has 0 aliphatic carbocycles. The second kappa shape index (κ2) is 23.1. The predicted octanol–water partition coefficient (Wildman–Crippen LogP) is 12.5. The first kappa shape index (κ1) is 48.7. The number of halogens is 3. The molecule has 0 spiro atoms. The molecule has 0 fully saturated rings. The summed E-state index contributed by atoms with van der Waals surface area (Å²) < 4.78 is 41.0. The van der Waals surface area contributed by atoms with Gasteiger partial charge in [0.2, 0.25) is 0 Å². The molecule has 1 heterocycles. The number of benzene rings is 4. The zero-order valence-electron chi connectivity index (χ0n) is 33.7. The Hall–Kier alpha value is -6.48. The molecule has 5 aromatic rings. The van der Waals surface area contributed by atoms with Gasteiger partial charge in [0, 0.05) is 16.6 Å². The van der Waals surface area contributed by atoms with E-state index in [1.807, 2.05) is 107 Å². The van der Waals surface area contributed by atoms with Crippen LogP contribution < -0.4 is 11.7 Å². The largest absolute Gasteiger partial charge is 3.00 e. The Kier molecular flexibility index (Phi) is 19.0. The summed E-state index contributed by atoms with van der Waals surface area (Å²) in [6, 6.07) is 27.5. The van der Waals surface area contributed by atoms with Crippen molar-refractivity contribution in [1.82, 2.24) is 10.2 Å². The molecule has 0 saturated carbocycles. The number of allylic oxidation sites excluding steroid dienone is 12. The number of hydrogen-bond donors (Lipinski definition) is 2. The maximum absolute atomic E-state index is 13.7. The normalized spacial score (nSPS) is 12.7. The molecule has 5 rings (SSSR count). The minimum atomic E-state index is -4.49. The molecule has 0 amide bonds. The third kappa shape index (κ3) is 13.6. The molecule has 304 valence electrons. The molecule has 0 saturated heterocycles. The monoisotopic (exact) mass is 970 g/mol. The van der Waals surface area contributed by atoms with Crippen molar-refractivity contribution in [2.75, 3.05) is 0 Å². The maximum Gasteiger partial charge on any atom is 3.00 e. The van der Waals surface area contributed by atoms with E-state index in [-0.39, 0.29) is 31.4 Å². The Morgan fingerprint density at radius 2 is 1.14 bits per heavy atom. The van der Waals surface area contributed by atoms with Crippen LogP contribution in [0.25, 0.3) is 44.1 Å². The van der Waals surface area contributed by atoms with Crippen molar-refractivity contribution in [1.29, 1.82) is 0 Å². The Labute approximate surface area is 359 Å². The molecule has 4 N–H and O–H groups in total. The van der Waals surface area contributed by atoms with Crippen LogP contribution in [0.5, 0.6) is 0 Å². The van der Waals surface area contributed by atoms with Gasteiger partial charge >= 0.3 is 26.3 Å². The summed E-state index contributed by atoms with van der Waals surface area (Å²) in [6.07, 6.45) is 6.71. The molecular weight excluding hydrogens is 922 g/mol. The van der Waals surface area contributed by atoms with Gasteiger partial charge in [-0.25, -0.2) is 10.2 Å². The summed E-state index contributed by atoms with van der Waals surface area (Å²) in [6.45, 7) is 29.8. The number of nitrogens with two attached hydrogens (primary N) is 2. The number of hydrazone groups is 2. The fraction of sp³-hybridized carbons (Fsp3) is 0.102. The average Bonchev–Trinajstić information content (AvgIpc) is 3.17. The third-order valence-corrected chi connectivity index (χ3v) is 8.42. The van der Waals surface area contributed by atoms with Crippen molar-refractivity contribution in [3.05, 3.63) is 207 Å². The first-order valence-corrected chi connectivity index (χ1v) is 17.9. The molecule has 59 heavy (non-hydrogen) atoms. The molecule has 0 aliphatic rings. The molecule has 10 heteroatoms. The first-order chi connectivity index (χ1) is 27.6. The summed E-state index contributed by atoms with van der Waals surface area (Å²) >= 11 is 0. The van der Waals surface area contributed by atoms with Crippen LogP contribution in [-0.4, -0.2) is 21.6 Å². The summed E-state index contributed by atoms with van der Waals surface area (Å²) in [4.78, 5) is 0. The smallest absolute Gasteiger partial charge is 0.335 e. The second-order valence-electron chi connectivity index (χ2n) is 13.1. The molecule has 0 aliphatic heterocycles. The minimum Gasteiger partial charge on any atom is -0.335 e. The minimum absolute atomic E-state index is 0. The van der Waals surface area contributed by atoms with Gasteiger partial charge in [0.1, 0.15) is 0 Å². The van der Waals surface area contributed by atoms with Crippen LogP contribution in [0.2, 0.25) is 0 Å². The van der Waals surface area contributed by atoms with Crippen molar-refractivity contribution >= 4 is 33.0 Å². The van der Waals surface area contributed by atoms with Gasteiger partial charge in [-0.3, -0.25) is 0 Å². The zero-order valence-corrected chi connectivity index (χ0v) is 36.1. The predicted molar refractivity (Wildman–Crippen MR) is 239 cm³/mol. The van der Waals surface area contributed by atoms with Crippen molar-refractivity contribution < 1.29 is 33.3 Å². The molecular formula is C49H48F3IrN6. The van der Waals surface area contributed by atoms with E-state index < -0.39 is 11.7 Å². The van der Waals surface area contributed by atoms with E-state index in [0.717, 1.165) is 50.1 Å². The summed E-state index contributed by atoms with van der Waals surface area (Å²) in [7, 11) is 0. The van der Waals surface area contributed by atoms with Crippen LogP contribution in [-0.2, 0) is 26.3 Å². The Morgan fingerprint density at radius 1 is 0.695 bits per heavy atom. The number of nitrogens with zero attached hydrogens (tertiary/aromatic N) is 4. The summed E-state index contributed by atoms with van der Waals surface area (Å²) in [5.74, 6) is 10.5. The van der Waals surface area contributed by atoms with Crippen molar-refractivity contribution in [3.8, 4) is 22.5 Å². The number of fused-ring (bicyclic) bond motifs is 2. The van der Waals surface area contributed by atoms with Gasteiger partial charge in [-0.2, -0.15) is 61.5 Å². The molecule has 4 aromatic carbocycles. The fourth-order valence-corrected chi connectivity index (χ4v) is 5.95. The summed E-state index contributed by atoms with van der Waals surface area (Å²) in [5, 5.41) is 19.1. The quantitative estimate of drug-likeness (QED) is 0.0363. The Balaban J connectivity index is 0.000000350. The van der Waals surface area contributed by atoms with Crippen LogP contribution in [0.3, 0.4) is 0 Å². The molecule has 1 aromatic heterocycles. The van der Waals surface area contributed by atoms with Gasteiger partial charge in [-0.15, -0.1) is 35.9 Å². The van der Waals surface area contributed by atoms with Gasteiger partial charge < -0.3 is 11.7 Å². The van der Waals surface area contributed by atoms with E-state index in [9.17, 15) is 13.2 Å². The zero-order chi connectivity index (χ0) is 43.0. The van der Waals surface area contributed by atoms with Crippen LogP contribution in [0.1, 0.15) is 33.3 Å². The molecule has 0 bridgehead atoms. The van der Waals surface area contributed by atoms with Crippen molar-refractivity contribution in [2.45, 2.75) is 33.9 Å².